The fraction of sp³-hybridized carbons (Fsp3) is 0. The molecule has 20 rings (SSSR count). The Kier molecular flexibility index (Phi) is 10.6. The highest BCUT2D eigenvalue weighted by Gasteiger charge is 2.43. The average Bonchev–Trinajstić information content (AvgIpc) is 1.38. The summed E-state index contributed by atoms with van der Waals surface area (Å²) in [4.78, 5) is 10.4. The molecule has 10 heteroatoms. The highest BCUT2D eigenvalue weighted by Crippen LogP contribution is 2.53. The molecular weight excluding hydrogens is 1160 g/mol. The molecule has 0 amide bonds. The van der Waals surface area contributed by atoms with Crippen LogP contribution in [0.25, 0.3) is 118 Å². The number of fused-ring (bicyclic) bond motifs is 16. The minimum Gasteiger partial charge on any atom is -0.456 e. The summed E-state index contributed by atoms with van der Waals surface area (Å²) in [5, 5.41) is 7.39. The van der Waals surface area contributed by atoms with Crippen molar-refractivity contribution in [2.24, 2.45) is 0 Å². The molecule has 0 saturated heterocycles. The van der Waals surface area contributed by atoms with Crippen molar-refractivity contribution in [1.29, 1.82) is 0 Å². The summed E-state index contributed by atoms with van der Waals surface area (Å²) in [7, 11) is 0. The van der Waals surface area contributed by atoms with Crippen LogP contribution in [-0.2, 0) is 0 Å². The van der Waals surface area contributed by atoms with Crippen LogP contribution < -0.4 is 32.8 Å². The number of thiophene rings is 2. The Morgan fingerprint density at radius 2 is 0.721 bits per heavy atom. The Bertz CT molecular complexity index is 5500. The number of furan rings is 2. The molecule has 0 aliphatic carbocycles. The van der Waals surface area contributed by atoms with E-state index in [1.165, 1.54) is 146 Å². The maximum absolute atomic E-state index is 6.84. The van der Waals surface area contributed by atoms with Crippen LogP contribution in [-0.4, -0.2) is 13.4 Å². The van der Waals surface area contributed by atoms with Gasteiger partial charge in [-0.25, -0.2) is 0 Å². The van der Waals surface area contributed by atoms with E-state index >= 15 is 0 Å². The average molecular weight is 1200 g/mol. The van der Waals surface area contributed by atoms with Gasteiger partial charge in [-0.3, -0.25) is 0 Å². The molecule has 0 fully saturated rings. The van der Waals surface area contributed by atoms with Gasteiger partial charge in [0.2, 0.25) is 13.4 Å². The topological polar surface area (TPSA) is 26.3 Å². The molecule has 12 aromatic carbocycles. The van der Waals surface area contributed by atoms with Crippen molar-refractivity contribution in [3.8, 4) is 56.0 Å². The van der Waals surface area contributed by atoms with Gasteiger partial charge in [0.05, 0.1) is 0 Å². The molecule has 0 atom stereocenters. The van der Waals surface area contributed by atoms with Gasteiger partial charge in [0, 0.05) is 107 Å². The molecule has 398 valence electrons. The standard InChI is InChI=1S/C76H40B2O2S6/c1-8-22-59-43(15-1)37-61(79-59)53-40-54(62-38-44-16-2-9-23-60(44)80-62)76-71-75(53)85-68-28-14-7-21-57(68)78(71)58-36-42(30-32-69(58)86-76)48-34-45(35-52-47-18-4-11-25-64(47)82-72(48)52)50-39-49(41-29-31-65-51(33-41)46-17-3-10-24-63(46)81-65)73-70-74(50)84-67-27-13-6-20-56(67)77(70)55-19-5-12-26-66(55)83-73/h1-40H. The van der Waals surface area contributed by atoms with Gasteiger partial charge < -0.3 is 8.83 Å². The Hall–Kier alpha value is -8.31. The van der Waals surface area contributed by atoms with Gasteiger partial charge in [-0.1, -0.05) is 214 Å². The Labute approximate surface area is 520 Å². The predicted molar refractivity (Wildman–Crippen MR) is 371 cm³/mol. The molecular formula is C76H40B2O2S6. The van der Waals surface area contributed by atoms with Crippen molar-refractivity contribution in [1.82, 2.24) is 0 Å². The lowest BCUT2D eigenvalue weighted by Gasteiger charge is -2.35. The zero-order valence-corrected chi connectivity index (χ0v) is 50.4. The van der Waals surface area contributed by atoms with Crippen molar-refractivity contribution in [3.63, 3.8) is 0 Å². The van der Waals surface area contributed by atoms with E-state index in [1.54, 1.807) is 0 Å². The van der Waals surface area contributed by atoms with E-state index in [-0.39, 0.29) is 13.4 Å². The zero-order chi connectivity index (χ0) is 55.9. The SMILES string of the molecule is c1ccc2c(c1)Sc1c(-c3ccc4sc5ccccc5c4c3)cc(-c3cc(-c4ccc5c(c4)B4c6ccccc6Sc6c(-c7cc8ccccc8o7)cc(-c7cc8ccccc8o7)c(c64)S5)c4sc5ccccc5c4c3)c3c1B2c1ccccc1S3. The fourth-order valence-corrected chi connectivity index (χ4v) is 21.8. The van der Waals surface area contributed by atoms with Gasteiger partial charge in [0.1, 0.15) is 22.7 Å². The van der Waals surface area contributed by atoms with Crippen LogP contribution in [0.3, 0.4) is 0 Å². The molecule has 4 aliphatic heterocycles. The van der Waals surface area contributed by atoms with E-state index in [9.17, 15) is 0 Å². The summed E-state index contributed by atoms with van der Waals surface area (Å²) in [6, 6.07) is 91.1. The zero-order valence-electron chi connectivity index (χ0n) is 45.5. The minimum atomic E-state index is -0.0543. The van der Waals surface area contributed by atoms with E-state index in [4.69, 9.17) is 8.83 Å². The van der Waals surface area contributed by atoms with Crippen LogP contribution in [0, 0.1) is 0 Å². The lowest BCUT2D eigenvalue weighted by Crippen LogP contribution is -2.58. The molecule has 0 spiro atoms. The van der Waals surface area contributed by atoms with E-state index < -0.39 is 0 Å². The molecule has 0 unspecified atom stereocenters. The van der Waals surface area contributed by atoms with Gasteiger partial charge in [-0.15, -0.1) is 22.7 Å². The molecule has 8 heterocycles. The first-order valence-electron chi connectivity index (χ1n) is 29.0. The largest absolute Gasteiger partial charge is 0.456 e. The lowest BCUT2D eigenvalue weighted by atomic mass is 9.36. The van der Waals surface area contributed by atoms with Crippen molar-refractivity contribution < 1.29 is 8.83 Å². The molecule has 0 saturated carbocycles. The smallest absolute Gasteiger partial charge is 0.247 e. The number of hydrogen-bond acceptors (Lipinski definition) is 8. The van der Waals surface area contributed by atoms with E-state index in [0.717, 1.165) is 44.6 Å². The summed E-state index contributed by atoms with van der Waals surface area (Å²) in [6.45, 7) is 0.0352. The molecule has 0 N–H and O–H groups in total. The minimum absolute atomic E-state index is 0.0543. The molecule has 4 aromatic heterocycles. The van der Waals surface area contributed by atoms with Crippen molar-refractivity contribution in [3.05, 3.63) is 243 Å². The van der Waals surface area contributed by atoms with Crippen LogP contribution in [0.2, 0.25) is 0 Å². The third-order valence-corrected chi connectivity index (χ3v) is 25.5. The van der Waals surface area contributed by atoms with E-state index in [0.29, 0.717) is 0 Å². The van der Waals surface area contributed by atoms with Crippen LogP contribution in [0.4, 0.5) is 0 Å². The summed E-state index contributed by atoms with van der Waals surface area (Å²) in [5.41, 5.74) is 19.6. The summed E-state index contributed by atoms with van der Waals surface area (Å²) >= 11 is 11.5. The van der Waals surface area contributed by atoms with E-state index in [2.05, 4.69) is 243 Å². The Morgan fingerprint density at radius 3 is 1.34 bits per heavy atom. The van der Waals surface area contributed by atoms with Gasteiger partial charge in [0.15, 0.2) is 0 Å². The molecule has 16 aromatic rings. The first-order valence-corrected chi connectivity index (χ1v) is 33.9. The number of hydrogen-bond donors (Lipinski definition) is 0. The normalized spacial score (nSPS) is 13.6. The van der Waals surface area contributed by atoms with Crippen LogP contribution in [0.15, 0.2) is 291 Å². The van der Waals surface area contributed by atoms with Gasteiger partial charge in [-0.2, -0.15) is 0 Å². The highest BCUT2D eigenvalue weighted by atomic mass is 32.2. The summed E-state index contributed by atoms with van der Waals surface area (Å²) < 4.78 is 18.9. The molecule has 0 radical (unpaired) electrons. The van der Waals surface area contributed by atoms with Crippen molar-refractivity contribution in [2.75, 3.05) is 0 Å². The van der Waals surface area contributed by atoms with Crippen LogP contribution >= 0.6 is 69.7 Å². The number of benzene rings is 12. The highest BCUT2D eigenvalue weighted by molar-refractivity contribution is 8.02. The predicted octanol–water partition coefficient (Wildman–Crippen LogP) is 19.1. The summed E-state index contributed by atoms with van der Waals surface area (Å²) in [5.74, 6) is 1.72. The Balaban J connectivity index is 0.835. The van der Waals surface area contributed by atoms with E-state index in [1.807, 2.05) is 69.7 Å². The first-order chi connectivity index (χ1) is 42.6. The van der Waals surface area contributed by atoms with Gasteiger partial charge in [0.25, 0.3) is 0 Å². The van der Waals surface area contributed by atoms with Gasteiger partial charge >= 0.3 is 0 Å². The van der Waals surface area contributed by atoms with Crippen LogP contribution in [0.1, 0.15) is 0 Å². The Morgan fingerprint density at radius 1 is 0.279 bits per heavy atom. The first kappa shape index (κ1) is 48.9. The second kappa shape index (κ2) is 18.6. The number of para-hydroxylation sites is 2. The third-order valence-electron chi connectivity index (χ3n) is 18.1. The second-order valence-electron chi connectivity index (χ2n) is 22.8. The molecule has 2 nitrogen and oxygen atoms in total. The quantitative estimate of drug-likeness (QED) is 0.159. The third kappa shape index (κ3) is 7.17. The fourth-order valence-electron chi connectivity index (χ4n) is 14.3. The molecule has 0 bridgehead atoms. The maximum atomic E-state index is 6.84. The molecule has 4 aliphatic rings. The lowest BCUT2D eigenvalue weighted by molar-refractivity contribution is 0.627. The summed E-state index contributed by atoms with van der Waals surface area (Å²) in [6.07, 6.45) is 0. The maximum Gasteiger partial charge on any atom is 0.247 e. The van der Waals surface area contributed by atoms with Crippen molar-refractivity contribution >= 4 is 178 Å². The number of rotatable bonds is 5. The second-order valence-corrected chi connectivity index (χ2v) is 29.2. The van der Waals surface area contributed by atoms with Crippen LogP contribution in [0.5, 0.6) is 0 Å². The molecule has 86 heavy (non-hydrogen) atoms. The van der Waals surface area contributed by atoms with Crippen molar-refractivity contribution in [2.45, 2.75) is 39.2 Å². The monoisotopic (exact) mass is 1200 g/mol. The van der Waals surface area contributed by atoms with Gasteiger partial charge in [-0.05, 0) is 136 Å².